The van der Waals surface area contributed by atoms with Crippen LogP contribution in [-0.4, -0.2) is 24.4 Å². The molecule has 0 aliphatic carbocycles. The SMILES string of the molecule is CCOC(=O)c1ccc(SC(F)(F)F)cc1CCC=O. The van der Waals surface area contributed by atoms with Crippen molar-refractivity contribution in [2.45, 2.75) is 30.2 Å². The quantitative estimate of drug-likeness (QED) is 0.457. The molecule has 7 heteroatoms. The molecule has 0 fully saturated rings. The number of hydrogen-bond donors (Lipinski definition) is 0. The Hall–Kier alpha value is -1.50. The second kappa shape index (κ2) is 7.33. The van der Waals surface area contributed by atoms with Gasteiger partial charge in [-0.15, -0.1) is 0 Å². The molecule has 0 aromatic heterocycles. The average molecular weight is 306 g/mol. The fourth-order valence-corrected chi connectivity index (χ4v) is 2.20. The van der Waals surface area contributed by atoms with E-state index in [0.29, 0.717) is 11.8 Å². The monoisotopic (exact) mass is 306 g/mol. The van der Waals surface area contributed by atoms with Gasteiger partial charge in [-0.3, -0.25) is 0 Å². The smallest absolute Gasteiger partial charge is 0.446 e. The minimum Gasteiger partial charge on any atom is -0.462 e. The predicted molar refractivity (Wildman–Crippen MR) is 68.7 cm³/mol. The van der Waals surface area contributed by atoms with Crippen LogP contribution in [0.1, 0.15) is 29.3 Å². The Kier molecular flexibility index (Phi) is 6.06. The highest BCUT2D eigenvalue weighted by molar-refractivity contribution is 8.00. The van der Waals surface area contributed by atoms with Gasteiger partial charge in [-0.1, -0.05) is 0 Å². The first-order valence-corrected chi connectivity index (χ1v) is 6.68. The van der Waals surface area contributed by atoms with Crippen LogP contribution in [-0.2, 0) is 16.0 Å². The summed E-state index contributed by atoms with van der Waals surface area (Å²) >= 11 is -0.258. The molecule has 0 N–H and O–H groups in total. The third kappa shape index (κ3) is 5.24. The summed E-state index contributed by atoms with van der Waals surface area (Å²) in [5.41, 5.74) is -3.82. The predicted octanol–water partition coefficient (Wildman–Crippen LogP) is 3.61. The number of aldehydes is 1. The molecule has 20 heavy (non-hydrogen) atoms. The van der Waals surface area contributed by atoms with E-state index in [9.17, 15) is 22.8 Å². The Balaban J connectivity index is 3.05. The third-order valence-electron chi connectivity index (χ3n) is 2.34. The summed E-state index contributed by atoms with van der Waals surface area (Å²) in [6.45, 7) is 1.81. The van der Waals surface area contributed by atoms with Crippen LogP contribution >= 0.6 is 11.8 Å². The van der Waals surface area contributed by atoms with Crippen molar-refractivity contribution in [3.8, 4) is 0 Å². The van der Waals surface area contributed by atoms with Crippen LogP contribution in [0.15, 0.2) is 23.1 Å². The topological polar surface area (TPSA) is 43.4 Å². The van der Waals surface area contributed by atoms with Gasteiger partial charge in [0.2, 0.25) is 0 Å². The number of thioether (sulfide) groups is 1. The number of ether oxygens (including phenoxy) is 1. The van der Waals surface area contributed by atoms with E-state index in [2.05, 4.69) is 0 Å². The number of hydrogen-bond acceptors (Lipinski definition) is 4. The zero-order valence-electron chi connectivity index (χ0n) is 10.7. The molecule has 0 bridgehead atoms. The minimum absolute atomic E-state index is 0.0218. The molecule has 0 amide bonds. The van der Waals surface area contributed by atoms with Gasteiger partial charge < -0.3 is 9.53 Å². The van der Waals surface area contributed by atoms with Gasteiger partial charge in [0.05, 0.1) is 12.2 Å². The fraction of sp³-hybridized carbons (Fsp3) is 0.385. The summed E-state index contributed by atoms with van der Waals surface area (Å²) in [6.07, 6.45) is 0.981. The summed E-state index contributed by atoms with van der Waals surface area (Å²) in [5.74, 6) is -0.600. The Morgan fingerprint density at radius 1 is 1.40 bits per heavy atom. The molecule has 1 rings (SSSR count). The number of alkyl halides is 3. The van der Waals surface area contributed by atoms with Gasteiger partial charge in [0.1, 0.15) is 6.29 Å². The first kappa shape index (κ1) is 16.6. The zero-order chi connectivity index (χ0) is 15.2. The number of rotatable bonds is 6. The molecular formula is C13H13F3O3S. The van der Waals surface area contributed by atoms with Crippen molar-refractivity contribution in [2.75, 3.05) is 6.61 Å². The first-order valence-electron chi connectivity index (χ1n) is 5.86. The second-order valence-corrected chi connectivity index (χ2v) is 4.93. The van der Waals surface area contributed by atoms with Crippen LogP contribution in [0, 0.1) is 0 Å². The molecule has 3 nitrogen and oxygen atoms in total. The van der Waals surface area contributed by atoms with Crippen molar-refractivity contribution in [1.29, 1.82) is 0 Å². The van der Waals surface area contributed by atoms with Gasteiger partial charge in [0.15, 0.2) is 0 Å². The molecule has 0 atom stereocenters. The first-order chi connectivity index (χ1) is 9.37. The highest BCUT2D eigenvalue weighted by Gasteiger charge is 2.29. The van der Waals surface area contributed by atoms with Crippen molar-refractivity contribution in [1.82, 2.24) is 0 Å². The van der Waals surface area contributed by atoms with E-state index in [1.54, 1.807) is 6.92 Å². The Bertz CT molecular complexity index is 486. The van der Waals surface area contributed by atoms with Crippen molar-refractivity contribution < 1.29 is 27.5 Å². The molecule has 0 heterocycles. The van der Waals surface area contributed by atoms with Crippen LogP contribution in [0.25, 0.3) is 0 Å². The third-order valence-corrected chi connectivity index (χ3v) is 3.06. The normalized spacial score (nSPS) is 11.2. The van der Waals surface area contributed by atoms with Gasteiger partial charge in [-0.2, -0.15) is 13.2 Å². The van der Waals surface area contributed by atoms with Crippen molar-refractivity contribution in [2.24, 2.45) is 0 Å². The number of aryl methyl sites for hydroxylation is 1. The van der Waals surface area contributed by atoms with E-state index in [1.807, 2.05) is 0 Å². The van der Waals surface area contributed by atoms with Crippen molar-refractivity contribution in [3.63, 3.8) is 0 Å². The Morgan fingerprint density at radius 2 is 2.10 bits per heavy atom. The number of esters is 1. The average Bonchev–Trinajstić information content (AvgIpc) is 2.34. The maximum Gasteiger partial charge on any atom is 0.446 e. The molecule has 1 aromatic carbocycles. The molecule has 0 saturated carbocycles. The Morgan fingerprint density at radius 3 is 2.65 bits per heavy atom. The molecule has 0 aliphatic rings. The van der Waals surface area contributed by atoms with E-state index < -0.39 is 11.5 Å². The number of carbonyl (C=O) groups is 2. The van der Waals surface area contributed by atoms with Crippen LogP contribution in [0.2, 0.25) is 0 Å². The highest BCUT2D eigenvalue weighted by Crippen LogP contribution is 2.37. The number of halogens is 3. The Labute approximate surface area is 118 Å². The van der Waals surface area contributed by atoms with Crippen molar-refractivity contribution >= 4 is 24.0 Å². The molecule has 0 aliphatic heterocycles. The van der Waals surface area contributed by atoms with Crippen molar-refractivity contribution in [3.05, 3.63) is 29.3 Å². The molecule has 1 aromatic rings. The van der Waals surface area contributed by atoms with Crippen LogP contribution < -0.4 is 0 Å². The lowest BCUT2D eigenvalue weighted by Crippen LogP contribution is -2.09. The summed E-state index contributed by atoms with van der Waals surface area (Å²) in [7, 11) is 0. The molecule has 110 valence electrons. The number of carbonyl (C=O) groups excluding carboxylic acids is 2. The summed E-state index contributed by atoms with van der Waals surface area (Å²) < 4.78 is 41.8. The summed E-state index contributed by atoms with van der Waals surface area (Å²) in [6, 6.07) is 3.79. The summed E-state index contributed by atoms with van der Waals surface area (Å²) in [4.78, 5) is 22.1. The largest absolute Gasteiger partial charge is 0.462 e. The lowest BCUT2D eigenvalue weighted by molar-refractivity contribution is -0.107. The van der Waals surface area contributed by atoms with E-state index in [1.165, 1.54) is 18.2 Å². The minimum atomic E-state index is -4.40. The molecule has 0 unspecified atom stereocenters. The van der Waals surface area contributed by atoms with Gasteiger partial charge in [0, 0.05) is 11.3 Å². The van der Waals surface area contributed by atoms with Crippen LogP contribution in [0.4, 0.5) is 13.2 Å². The van der Waals surface area contributed by atoms with Gasteiger partial charge in [-0.25, -0.2) is 4.79 Å². The molecule has 0 radical (unpaired) electrons. The van der Waals surface area contributed by atoms with Crippen LogP contribution in [0.3, 0.4) is 0 Å². The van der Waals surface area contributed by atoms with E-state index in [4.69, 9.17) is 4.74 Å². The van der Waals surface area contributed by atoms with Gasteiger partial charge in [0.25, 0.3) is 0 Å². The van der Waals surface area contributed by atoms with Gasteiger partial charge >= 0.3 is 11.5 Å². The second-order valence-electron chi connectivity index (χ2n) is 3.79. The van der Waals surface area contributed by atoms with Crippen LogP contribution in [0.5, 0.6) is 0 Å². The van der Waals surface area contributed by atoms with E-state index in [-0.39, 0.29) is 41.7 Å². The fourth-order valence-electron chi connectivity index (χ4n) is 1.60. The number of benzene rings is 1. The van der Waals surface area contributed by atoms with Gasteiger partial charge in [-0.05, 0) is 48.9 Å². The summed E-state index contributed by atoms with van der Waals surface area (Å²) in [5, 5.41) is 0. The maximum absolute atomic E-state index is 12.3. The zero-order valence-corrected chi connectivity index (χ0v) is 11.5. The maximum atomic E-state index is 12.3. The lowest BCUT2D eigenvalue weighted by Gasteiger charge is -2.11. The molecule has 0 saturated heterocycles. The lowest BCUT2D eigenvalue weighted by atomic mass is 10.0. The standard InChI is InChI=1S/C13H13F3O3S/c1-2-19-12(18)11-6-5-10(20-13(14,15)16)8-9(11)4-3-7-17/h5-8H,2-4H2,1H3. The van der Waals surface area contributed by atoms with E-state index in [0.717, 1.165) is 0 Å². The highest BCUT2D eigenvalue weighted by atomic mass is 32.2. The molecule has 0 spiro atoms. The van der Waals surface area contributed by atoms with E-state index >= 15 is 0 Å². The molecular weight excluding hydrogens is 293 g/mol.